The van der Waals surface area contributed by atoms with E-state index in [0.717, 1.165) is 21.7 Å². The van der Waals surface area contributed by atoms with Gasteiger partial charge >= 0.3 is 12.1 Å². The first-order valence-corrected chi connectivity index (χ1v) is 37.1. The standard InChI is InChI=1S/C76H105N13O16/c1-45-15-11-10-12-16-46(2)62(101-8)37-56-20-18-50(6)76(100,105-56)68(95)70(97)89-23-14-13-17-59(89)71(98)103-63(38-60(91)47(3)34-49(5)66(93)67(94)65(92)48(4)33-45)57(77)35-52-19-21-61(64(36-52)102-9)104-75(99)88-24-22-58-55(44-88)43-82-74(83-58)87-31-29-86(30-32-87)73-80-41-54(42-81-73)69(96)84-25-27-85(28-26-84)72-78-39-53(40-79-72)51(7)90/h10-12,15-16,34,39-43,45,47-48,50,52,56-57,59,61-64,66-67,93-94,100H,13-14,17-33,35-38,44,77H2,1-9H3/b12-10?,15-11+,46-16?,49-34+/t45-,47-,48-,50-,52+,56+,57-,59+,61-,62+,63+,64-,66-,67+,76-/m1/s1. The van der Waals surface area contributed by atoms with Crippen molar-refractivity contribution in [1.29, 1.82) is 0 Å². The van der Waals surface area contributed by atoms with Gasteiger partial charge in [0.05, 0.1) is 41.7 Å². The predicted molar refractivity (Wildman–Crippen MR) is 386 cm³/mol. The number of nitrogens with two attached hydrogens (primary N) is 1. The molecule has 5 fully saturated rings. The zero-order valence-corrected chi connectivity index (χ0v) is 62.0. The van der Waals surface area contributed by atoms with Gasteiger partial charge in [-0.1, -0.05) is 64.2 Å². The van der Waals surface area contributed by atoms with Gasteiger partial charge < -0.3 is 74.1 Å². The van der Waals surface area contributed by atoms with Crippen LogP contribution in [0, 0.1) is 29.6 Å². The summed E-state index contributed by atoms with van der Waals surface area (Å²) in [4.78, 5) is 149. The number of anilines is 3. The van der Waals surface area contributed by atoms with Crippen molar-refractivity contribution < 1.29 is 77.4 Å². The monoisotopic (exact) mass is 1460 g/mol. The lowest BCUT2D eigenvalue weighted by molar-refractivity contribution is -0.265. The highest BCUT2D eigenvalue weighted by Crippen LogP contribution is 2.38. The highest BCUT2D eigenvalue weighted by Gasteiger charge is 2.53. The Morgan fingerprint density at radius 3 is 2.00 bits per heavy atom. The third-order valence-corrected chi connectivity index (χ3v) is 22.0. The first-order valence-electron chi connectivity index (χ1n) is 37.1. The van der Waals surface area contributed by atoms with Gasteiger partial charge in [-0.25, -0.2) is 39.5 Å². The van der Waals surface area contributed by atoms with Crippen LogP contribution < -0.4 is 20.4 Å². The van der Waals surface area contributed by atoms with E-state index in [2.05, 4.69) is 29.7 Å². The van der Waals surface area contributed by atoms with Gasteiger partial charge in [0.2, 0.25) is 23.6 Å². The lowest BCUT2D eigenvalue weighted by atomic mass is 9.80. The minimum Gasteiger partial charge on any atom is -0.459 e. The number of nitrogens with zero attached hydrogens (tertiary/aromatic N) is 12. The molecule has 4 saturated heterocycles. The summed E-state index contributed by atoms with van der Waals surface area (Å²) >= 11 is 0. The number of rotatable bonds is 11. The minimum atomic E-state index is -2.51. The molecule has 1 aliphatic carbocycles. The number of ketones is 4. The summed E-state index contributed by atoms with van der Waals surface area (Å²) in [5, 5.41) is 34.7. The van der Waals surface area contributed by atoms with E-state index < -0.39 is 120 Å². The number of hydrogen-bond acceptors (Lipinski definition) is 26. The van der Waals surface area contributed by atoms with Crippen LogP contribution in [0.5, 0.6) is 0 Å². The number of piperidine rings is 1. The number of carbonyl (C=O) groups is 8. The molecule has 15 atom stereocenters. The summed E-state index contributed by atoms with van der Waals surface area (Å²) < 4.78 is 30.5. The first kappa shape index (κ1) is 79.2. The molecule has 570 valence electrons. The molecule has 1 saturated carbocycles. The molecule has 10 rings (SSSR count). The number of carbonyl (C=O) groups excluding carboxylic acids is 8. The predicted octanol–water partition coefficient (Wildman–Crippen LogP) is 5.28. The number of hydrogen-bond donors (Lipinski definition) is 4. The van der Waals surface area contributed by atoms with Crippen LogP contribution in [0.4, 0.5) is 22.6 Å². The Kier molecular flexibility index (Phi) is 27.1. The maximum Gasteiger partial charge on any atom is 0.410 e. The smallest absolute Gasteiger partial charge is 0.410 e. The Hall–Kier alpha value is -8.32. The Morgan fingerprint density at radius 1 is 0.695 bits per heavy atom. The van der Waals surface area contributed by atoms with E-state index in [-0.39, 0.29) is 61.5 Å². The van der Waals surface area contributed by atoms with Gasteiger partial charge in [0.15, 0.2) is 11.6 Å². The van der Waals surface area contributed by atoms with E-state index >= 15 is 0 Å². The van der Waals surface area contributed by atoms with Crippen molar-refractivity contribution in [2.24, 2.45) is 35.3 Å². The van der Waals surface area contributed by atoms with E-state index in [0.29, 0.717) is 146 Å². The Morgan fingerprint density at radius 2 is 1.34 bits per heavy atom. The number of fused-ring (bicyclic) bond motifs is 4. The average Bonchev–Trinajstić information content (AvgIpc) is 0.786. The fraction of sp³-hybridized carbons (Fsp3) is 0.632. The number of ether oxygens (including phenoxy) is 5. The highest BCUT2D eigenvalue weighted by atomic mass is 16.6. The summed E-state index contributed by atoms with van der Waals surface area (Å²) in [7, 11) is 3.09. The maximum absolute atomic E-state index is 14.7. The molecular weight excluding hydrogens is 1350 g/mol. The van der Waals surface area contributed by atoms with Gasteiger partial charge in [-0.15, -0.1) is 0 Å². The van der Waals surface area contributed by atoms with E-state index in [1.54, 1.807) is 56.3 Å². The van der Waals surface area contributed by atoms with Gasteiger partial charge in [0, 0.05) is 159 Å². The molecule has 7 aliphatic rings. The molecule has 0 unspecified atom stereocenters. The number of esters is 1. The summed E-state index contributed by atoms with van der Waals surface area (Å²) in [5.74, 6) is -7.95. The normalized spacial score (nSPS) is 31.0. The molecule has 105 heavy (non-hydrogen) atoms. The summed E-state index contributed by atoms with van der Waals surface area (Å²) in [5.41, 5.74) is 10.6. The van der Waals surface area contributed by atoms with Crippen LogP contribution in [-0.4, -0.2) is 247 Å². The van der Waals surface area contributed by atoms with Crippen molar-refractivity contribution in [3.8, 4) is 0 Å². The second-order valence-electron chi connectivity index (χ2n) is 29.6. The number of piperazine rings is 2. The largest absolute Gasteiger partial charge is 0.459 e. The van der Waals surface area contributed by atoms with Gasteiger partial charge in [-0.05, 0) is 108 Å². The van der Waals surface area contributed by atoms with Crippen molar-refractivity contribution >= 4 is 64.9 Å². The fourth-order valence-corrected chi connectivity index (χ4v) is 15.3. The number of aliphatic hydroxyl groups excluding tert-OH is 2. The number of amides is 3. The highest BCUT2D eigenvalue weighted by molar-refractivity contribution is 6.39. The molecule has 0 aromatic carbocycles. The van der Waals surface area contributed by atoms with E-state index in [1.165, 1.54) is 39.4 Å². The van der Waals surface area contributed by atoms with Crippen molar-refractivity contribution in [2.75, 3.05) is 94.4 Å². The molecule has 3 aromatic heterocycles. The number of methoxy groups -OCH3 is 2. The molecule has 9 heterocycles. The molecular formula is C76H105N13O16. The molecule has 6 aliphatic heterocycles. The molecule has 3 aromatic rings. The molecule has 0 spiro atoms. The Bertz CT molecular complexity index is 3710. The van der Waals surface area contributed by atoms with Crippen LogP contribution >= 0.6 is 0 Å². The fourth-order valence-electron chi connectivity index (χ4n) is 15.3. The number of aromatic nitrogens is 6. The van der Waals surface area contributed by atoms with Crippen LogP contribution in [0.15, 0.2) is 78.6 Å². The lowest BCUT2D eigenvalue weighted by Crippen LogP contribution is -2.61. The molecule has 2 bridgehead atoms. The van der Waals surface area contributed by atoms with Crippen molar-refractivity contribution in [1.82, 2.24) is 44.6 Å². The Labute approximate surface area is 614 Å². The SMILES string of the molecule is CO[C@H]1C[C@@H]2CC[C@@H](C)[C@@](O)(O2)C(=O)C(=O)N2CCCC[C@H]2C(=O)O[C@H]([C@H](N)C[C@@H]2CC[C@@H](OC(=O)N3CCc4nc(N5CCN(c6ncc(C(=O)N7CCN(c8ncc(C(C)=O)cn8)CC7)cn6)CC5)ncc4C3)[C@H](OC)C2)CC(=O)[C@H](C)/C=C(\C)[C@@H](O)[C@@H](O)C(=O)[C@H](C)C[C@H](C)/C=C/C=CC=C1C. The quantitative estimate of drug-likeness (QED) is 0.0820. The molecule has 3 amide bonds. The van der Waals surface area contributed by atoms with Crippen molar-refractivity contribution in [3.05, 3.63) is 101 Å². The number of cyclic esters (lactones) is 1. The van der Waals surface area contributed by atoms with Gasteiger partial charge in [-0.2, -0.15) is 0 Å². The number of allylic oxidation sites excluding steroid dienone is 6. The molecule has 0 radical (unpaired) electrons. The van der Waals surface area contributed by atoms with Gasteiger partial charge in [0.25, 0.3) is 17.6 Å². The zero-order chi connectivity index (χ0) is 75.4. The second kappa shape index (κ2) is 35.8. The average molecular weight is 1460 g/mol. The summed E-state index contributed by atoms with van der Waals surface area (Å²) in [6.45, 7) is 16.7. The third kappa shape index (κ3) is 19.5. The van der Waals surface area contributed by atoms with Crippen LogP contribution in [-0.2, 0) is 60.6 Å². The van der Waals surface area contributed by atoms with Crippen molar-refractivity contribution in [3.63, 3.8) is 0 Å². The molecule has 5 N–H and O–H groups in total. The number of aliphatic hydroxyl groups is 3. The maximum atomic E-state index is 14.7. The van der Waals surface area contributed by atoms with E-state index in [9.17, 15) is 53.7 Å². The topological polar surface area (TPSA) is 366 Å². The summed E-state index contributed by atoms with van der Waals surface area (Å²) in [6, 6.07) is -2.25. The van der Waals surface area contributed by atoms with E-state index in [4.69, 9.17) is 39.4 Å². The van der Waals surface area contributed by atoms with Gasteiger partial charge in [0.1, 0.15) is 36.2 Å². The second-order valence-corrected chi connectivity index (χ2v) is 29.6. The molecule has 29 nitrogen and oxygen atoms in total. The third-order valence-electron chi connectivity index (χ3n) is 22.0. The summed E-state index contributed by atoms with van der Waals surface area (Å²) in [6.07, 6.45) is 15.3. The Balaban J connectivity index is 0.750. The van der Waals surface area contributed by atoms with Gasteiger partial charge in [-0.3, -0.25) is 28.8 Å². The van der Waals surface area contributed by atoms with Crippen LogP contribution in [0.25, 0.3) is 0 Å². The zero-order valence-electron chi connectivity index (χ0n) is 62.0. The molecule has 29 heteroatoms. The van der Waals surface area contributed by atoms with Crippen LogP contribution in [0.2, 0.25) is 0 Å². The number of Topliss-reactive ketones (excluding diaryl/α,β-unsaturated/α-hetero) is 4. The van der Waals surface area contributed by atoms with Crippen molar-refractivity contribution in [2.45, 2.75) is 199 Å². The first-order chi connectivity index (χ1) is 50.2. The van der Waals surface area contributed by atoms with Crippen LogP contribution in [0.1, 0.15) is 157 Å². The van der Waals surface area contributed by atoms with E-state index in [1.807, 2.05) is 49.1 Å². The lowest BCUT2D eigenvalue weighted by Gasteiger charge is -2.42. The minimum absolute atomic E-state index is 0.00101. The van der Waals surface area contributed by atoms with Crippen LogP contribution in [0.3, 0.4) is 0 Å².